The molecule has 0 saturated carbocycles. The van der Waals surface area contributed by atoms with Gasteiger partial charge in [-0.1, -0.05) is 41.9 Å². The Balaban J connectivity index is 1.78. The van der Waals surface area contributed by atoms with E-state index in [1.165, 1.54) is 12.1 Å². The summed E-state index contributed by atoms with van der Waals surface area (Å²) in [4.78, 5) is 27.1. The lowest BCUT2D eigenvalue weighted by atomic mass is 10.1. The highest BCUT2D eigenvalue weighted by atomic mass is 35.5. The summed E-state index contributed by atoms with van der Waals surface area (Å²) < 4.78 is 10.2. The number of rotatable bonds is 8. The number of nitro groups is 1. The van der Waals surface area contributed by atoms with Gasteiger partial charge in [0.15, 0.2) is 12.4 Å². The number of halogens is 1. The number of ether oxygens (including phenoxy) is 1. The van der Waals surface area contributed by atoms with E-state index in [2.05, 4.69) is 15.5 Å². The topological polar surface area (TPSA) is 120 Å². The van der Waals surface area contributed by atoms with Gasteiger partial charge in [0.1, 0.15) is 0 Å². The summed E-state index contributed by atoms with van der Waals surface area (Å²) in [5.41, 5.74) is 0.970. The largest absolute Gasteiger partial charge is 0.452 e. The molecule has 1 heterocycles. The van der Waals surface area contributed by atoms with Crippen molar-refractivity contribution < 1.29 is 19.0 Å². The number of non-ortho nitro benzene ring substituents is 1. The highest BCUT2D eigenvalue weighted by molar-refractivity contribution is 6.31. The number of benzene rings is 2. The molecule has 0 aliphatic carbocycles. The minimum atomic E-state index is -0.758. The first-order valence-electron chi connectivity index (χ1n) is 8.72. The molecule has 0 aliphatic rings. The van der Waals surface area contributed by atoms with Crippen LogP contribution in [0.3, 0.4) is 0 Å². The van der Waals surface area contributed by atoms with Crippen molar-refractivity contribution >= 4 is 28.9 Å². The number of nitrogens with zero attached hydrogens (tertiary/aromatic N) is 3. The van der Waals surface area contributed by atoms with Crippen LogP contribution in [-0.4, -0.2) is 21.0 Å². The first-order chi connectivity index (χ1) is 14.0. The molecular weight excluding hydrogens is 400 g/mol. The normalized spacial score (nSPS) is 10.6. The average molecular weight is 417 g/mol. The fraction of sp³-hybridized carbons (Fsp3) is 0.211. The summed E-state index contributed by atoms with van der Waals surface area (Å²) in [5, 5.41) is 18.5. The highest BCUT2D eigenvalue weighted by Crippen LogP contribution is 2.25. The molecule has 0 radical (unpaired) electrons. The van der Waals surface area contributed by atoms with Crippen LogP contribution < -0.4 is 5.32 Å². The Morgan fingerprint density at radius 3 is 2.79 bits per heavy atom. The maximum Gasteiger partial charge on any atom is 0.341 e. The van der Waals surface area contributed by atoms with Gasteiger partial charge in [0.2, 0.25) is 0 Å². The first-order valence-corrected chi connectivity index (χ1v) is 9.10. The molecule has 2 aromatic carbocycles. The molecule has 0 bridgehead atoms. The van der Waals surface area contributed by atoms with Crippen LogP contribution in [0.2, 0.25) is 5.02 Å². The van der Waals surface area contributed by atoms with Gasteiger partial charge in [-0.15, -0.1) is 0 Å². The Morgan fingerprint density at radius 1 is 1.31 bits per heavy atom. The molecule has 9 nitrogen and oxygen atoms in total. The van der Waals surface area contributed by atoms with Gasteiger partial charge in [-0.2, -0.15) is 4.98 Å². The molecule has 0 amide bonds. The van der Waals surface area contributed by atoms with E-state index in [0.717, 1.165) is 11.6 Å². The molecule has 1 aromatic heterocycles. The molecule has 0 saturated heterocycles. The van der Waals surface area contributed by atoms with Crippen molar-refractivity contribution in [3.05, 3.63) is 80.4 Å². The Labute approximate surface area is 170 Å². The molecular formula is C19H17ClN4O5. The number of nitro benzene ring substituents is 1. The van der Waals surface area contributed by atoms with E-state index in [1.807, 2.05) is 25.1 Å². The fourth-order valence-electron chi connectivity index (χ4n) is 2.50. The van der Waals surface area contributed by atoms with Gasteiger partial charge >= 0.3 is 5.97 Å². The lowest BCUT2D eigenvalue weighted by Gasteiger charge is -2.12. The van der Waals surface area contributed by atoms with Crippen LogP contribution in [0.5, 0.6) is 0 Å². The molecule has 3 aromatic rings. The van der Waals surface area contributed by atoms with Gasteiger partial charge in [-0.3, -0.25) is 10.1 Å². The van der Waals surface area contributed by atoms with Crippen LogP contribution >= 0.6 is 11.6 Å². The van der Waals surface area contributed by atoms with Crippen molar-refractivity contribution in [2.75, 3.05) is 5.32 Å². The minimum Gasteiger partial charge on any atom is -0.452 e. The predicted molar refractivity (Wildman–Crippen MR) is 105 cm³/mol. The van der Waals surface area contributed by atoms with Crippen LogP contribution in [-0.2, 0) is 24.3 Å². The van der Waals surface area contributed by atoms with Crippen molar-refractivity contribution in [2.24, 2.45) is 0 Å². The number of carbonyl (C=O) groups excluding carboxylic acids is 1. The van der Waals surface area contributed by atoms with Crippen molar-refractivity contribution in [1.29, 1.82) is 0 Å². The first kappa shape index (κ1) is 20.3. The number of aryl methyl sites for hydroxylation is 1. The third-order valence-corrected chi connectivity index (χ3v) is 4.38. The molecule has 29 heavy (non-hydrogen) atoms. The summed E-state index contributed by atoms with van der Waals surface area (Å²) in [7, 11) is 0. The lowest BCUT2D eigenvalue weighted by molar-refractivity contribution is -0.384. The van der Waals surface area contributed by atoms with Crippen LogP contribution in [0, 0.1) is 10.1 Å². The van der Waals surface area contributed by atoms with Gasteiger partial charge in [0.05, 0.1) is 10.5 Å². The summed E-state index contributed by atoms with van der Waals surface area (Å²) in [6.07, 6.45) is 0.582. The Kier molecular flexibility index (Phi) is 6.40. The van der Waals surface area contributed by atoms with E-state index in [1.54, 1.807) is 6.07 Å². The summed E-state index contributed by atoms with van der Waals surface area (Å²) in [5.74, 6) is -0.119. The zero-order valence-electron chi connectivity index (χ0n) is 15.4. The van der Waals surface area contributed by atoms with Gasteiger partial charge in [0.25, 0.3) is 11.6 Å². The van der Waals surface area contributed by atoms with E-state index in [4.69, 9.17) is 20.9 Å². The summed E-state index contributed by atoms with van der Waals surface area (Å²) >= 11 is 6.15. The monoisotopic (exact) mass is 416 g/mol. The van der Waals surface area contributed by atoms with Crippen molar-refractivity contribution in [3.8, 4) is 0 Å². The third-order valence-electron chi connectivity index (χ3n) is 4.01. The second kappa shape index (κ2) is 9.16. The van der Waals surface area contributed by atoms with Gasteiger partial charge in [0, 0.05) is 35.8 Å². The highest BCUT2D eigenvalue weighted by Gasteiger charge is 2.19. The quantitative estimate of drug-likeness (QED) is 0.330. The van der Waals surface area contributed by atoms with Crippen molar-refractivity contribution in [2.45, 2.75) is 26.5 Å². The van der Waals surface area contributed by atoms with Crippen molar-refractivity contribution in [3.63, 3.8) is 0 Å². The number of nitrogens with one attached hydrogen (secondary N) is 1. The number of anilines is 1. The fourth-order valence-corrected chi connectivity index (χ4v) is 2.70. The summed E-state index contributed by atoms with van der Waals surface area (Å²) in [6.45, 7) is 1.94. The molecule has 0 spiro atoms. The number of hydrogen-bond donors (Lipinski definition) is 1. The Bertz CT molecular complexity index is 1040. The Hall–Kier alpha value is -3.46. The smallest absolute Gasteiger partial charge is 0.341 e. The van der Waals surface area contributed by atoms with Crippen LogP contribution in [0.4, 0.5) is 11.4 Å². The van der Waals surface area contributed by atoms with Crippen molar-refractivity contribution in [1.82, 2.24) is 10.1 Å². The molecule has 150 valence electrons. The molecule has 1 N–H and O–H groups in total. The van der Waals surface area contributed by atoms with Gasteiger partial charge < -0.3 is 14.6 Å². The van der Waals surface area contributed by atoms with E-state index < -0.39 is 10.9 Å². The maximum absolute atomic E-state index is 12.6. The lowest BCUT2D eigenvalue weighted by Crippen LogP contribution is -2.11. The zero-order chi connectivity index (χ0) is 20.8. The van der Waals surface area contributed by atoms with Gasteiger partial charge in [-0.25, -0.2) is 4.79 Å². The van der Waals surface area contributed by atoms with Crippen LogP contribution in [0.25, 0.3) is 0 Å². The number of hydrogen-bond acceptors (Lipinski definition) is 8. The molecule has 10 heteroatoms. The van der Waals surface area contributed by atoms with E-state index in [0.29, 0.717) is 29.5 Å². The zero-order valence-corrected chi connectivity index (χ0v) is 16.2. The second-order valence-corrected chi connectivity index (χ2v) is 6.37. The third kappa shape index (κ3) is 5.08. The SMILES string of the molecule is CCc1noc(COC(=O)c2cc([N+](=O)[O-])ccc2NCc2ccccc2Cl)n1. The standard InChI is InChI=1S/C19H17ClN4O5/c1-2-17-22-18(29-23-17)11-28-19(25)14-9-13(24(26)27)7-8-16(14)21-10-12-5-3-4-6-15(12)20/h3-9,21H,2,10-11H2,1H3. The summed E-state index contributed by atoms with van der Waals surface area (Å²) in [6, 6.07) is 11.1. The molecule has 0 atom stereocenters. The average Bonchev–Trinajstić information content (AvgIpc) is 3.19. The van der Waals surface area contributed by atoms with Gasteiger partial charge in [-0.05, 0) is 17.7 Å². The second-order valence-electron chi connectivity index (χ2n) is 5.97. The van der Waals surface area contributed by atoms with Crippen LogP contribution in [0.15, 0.2) is 47.0 Å². The number of aromatic nitrogens is 2. The molecule has 3 rings (SSSR count). The van der Waals surface area contributed by atoms with E-state index >= 15 is 0 Å². The minimum absolute atomic E-state index is 0.0153. The maximum atomic E-state index is 12.6. The number of esters is 1. The predicted octanol–water partition coefficient (Wildman–Crippen LogP) is 4.16. The Morgan fingerprint density at radius 2 is 2.10 bits per heavy atom. The number of carbonyl (C=O) groups is 1. The van der Waals surface area contributed by atoms with Crippen LogP contribution in [0.1, 0.15) is 34.6 Å². The van der Waals surface area contributed by atoms with E-state index in [9.17, 15) is 14.9 Å². The molecule has 0 fully saturated rings. The van der Waals surface area contributed by atoms with E-state index in [-0.39, 0.29) is 23.7 Å². The molecule has 0 unspecified atom stereocenters. The molecule has 0 aliphatic heterocycles.